The molecule has 0 aliphatic rings. The van der Waals surface area contributed by atoms with Crippen molar-refractivity contribution in [3.63, 3.8) is 0 Å². The summed E-state index contributed by atoms with van der Waals surface area (Å²) in [5, 5.41) is 0. The third-order valence-corrected chi connectivity index (χ3v) is 2.94. The molecule has 24 heavy (non-hydrogen) atoms. The molecule has 0 amide bonds. The van der Waals surface area contributed by atoms with Crippen molar-refractivity contribution in [2.24, 2.45) is 0 Å². The van der Waals surface area contributed by atoms with Gasteiger partial charge in [-0.25, -0.2) is 0 Å². The van der Waals surface area contributed by atoms with Gasteiger partial charge in [0.25, 0.3) is 0 Å². The highest BCUT2D eigenvalue weighted by atomic mass is 16.6. The first kappa shape index (κ1) is 23.3. The molecule has 0 aromatic heterocycles. The number of hydrogen-bond donors (Lipinski definition) is 0. The van der Waals surface area contributed by atoms with Gasteiger partial charge in [0.2, 0.25) is 0 Å². The quantitative estimate of drug-likeness (QED) is 0.248. The molecule has 0 unspecified atom stereocenters. The zero-order valence-electron chi connectivity index (χ0n) is 15.1. The van der Waals surface area contributed by atoms with Crippen molar-refractivity contribution in [2.75, 3.05) is 79.3 Å². The first-order valence-corrected chi connectivity index (χ1v) is 8.81. The summed E-state index contributed by atoms with van der Waals surface area (Å²) in [7, 11) is 0. The van der Waals surface area contributed by atoms with Crippen LogP contribution in [0.2, 0.25) is 0 Å². The summed E-state index contributed by atoms with van der Waals surface area (Å²) in [6.45, 7) is 9.00. The van der Waals surface area contributed by atoms with Gasteiger partial charge in [0.1, 0.15) is 6.61 Å². The van der Waals surface area contributed by atoms with Gasteiger partial charge in [-0.15, -0.1) is 6.42 Å². The van der Waals surface area contributed by atoms with Crippen molar-refractivity contribution in [1.29, 1.82) is 0 Å². The van der Waals surface area contributed by atoms with E-state index in [1.54, 1.807) is 0 Å². The second kappa shape index (κ2) is 22.3. The second-order valence-corrected chi connectivity index (χ2v) is 5.03. The van der Waals surface area contributed by atoms with E-state index in [4.69, 9.17) is 34.8 Å². The molecule has 0 aliphatic carbocycles. The summed E-state index contributed by atoms with van der Waals surface area (Å²) in [4.78, 5) is 0. The molecule has 0 saturated carbocycles. The monoisotopic (exact) mass is 346 g/mol. The van der Waals surface area contributed by atoms with Gasteiger partial charge in [-0.05, 0) is 6.42 Å². The zero-order chi connectivity index (χ0) is 17.6. The Hall–Kier alpha value is -0.680. The van der Waals surface area contributed by atoms with E-state index in [1.165, 1.54) is 12.8 Å². The van der Waals surface area contributed by atoms with Gasteiger partial charge < -0.3 is 28.4 Å². The topological polar surface area (TPSA) is 55.4 Å². The van der Waals surface area contributed by atoms with Gasteiger partial charge in [-0.1, -0.05) is 25.7 Å². The van der Waals surface area contributed by atoms with Crippen LogP contribution in [0.25, 0.3) is 0 Å². The van der Waals surface area contributed by atoms with Crippen LogP contribution >= 0.6 is 0 Å². The van der Waals surface area contributed by atoms with Crippen molar-refractivity contribution in [3.05, 3.63) is 0 Å². The van der Waals surface area contributed by atoms with Gasteiger partial charge in [0.15, 0.2) is 0 Å². The Balaban J connectivity index is 2.94. The molecule has 0 saturated heterocycles. The van der Waals surface area contributed by atoms with Crippen molar-refractivity contribution in [3.8, 4) is 12.3 Å². The van der Waals surface area contributed by atoms with Crippen LogP contribution in [0, 0.1) is 12.3 Å². The minimum Gasteiger partial charge on any atom is -0.379 e. The number of unbranched alkanes of at least 4 members (excludes halogenated alkanes) is 2. The number of ether oxygens (including phenoxy) is 6. The lowest BCUT2D eigenvalue weighted by Gasteiger charge is -2.08. The molecule has 0 spiro atoms. The van der Waals surface area contributed by atoms with E-state index in [1.807, 2.05) is 0 Å². The highest BCUT2D eigenvalue weighted by molar-refractivity contribution is 4.82. The maximum absolute atomic E-state index is 5.44. The zero-order valence-corrected chi connectivity index (χ0v) is 15.1. The summed E-state index contributed by atoms with van der Waals surface area (Å²) in [5.41, 5.74) is 0. The first-order chi connectivity index (χ1) is 11.9. The molecule has 0 aromatic rings. The summed E-state index contributed by atoms with van der Waals surface area (Å²) in [6, 6.07) is 0. The second-order valence-electron chi connectivity index (χ2n) is 5.03. The molecular formula is C18H34O6. The lowest BCUT2D eigenvalue weighted by molar-refractivity contribution is -0.0156. The molecule has 0 heterocycles. The highest BCUT2D eigenvalue weighted by Gasteiger charge is 1.94. The van der Waals surface area contributed by atoms with E-state index >= 15 is 0 Å². The minimum absolute atomic E-state index is 0.326. The normalized spacial score (nSPS) is 10.8. The lowest BCUT2D eigenvalue weighted by atomic mass is 10.3. The Labute approximate surface area is 147 Å². The van der Waals surface area contributed by atoms with E-state index < -0.39 is 0 Å². The largest absolute Gasteiger partial charge is 0.379 e. The molecule has 6 heteroatoms. The number of hydrogen-bond acceptors (Lipinski definition) is 6. The van der Waals surface area contributed by atoms with Crippen molar-refractivity contribution in [1.82, 2.24) is 0 Å². The molecule has 0 atom stereocenters. The van der Waals surface area contributed by atoms with E-state index in [2.05, 4.69) is 12.8 Å². The molecule has 6 nitrogen and oxygen atoms in total. The highest BCUT2D eigenvalue weighted by Crippen LogP contribution is 1.93. The molecule has 0 rings (SSSR count). The van der Waals surface area contributed by atoms with Crippen LogP contribution in [-0.2, 0) is 28.4 Å². The van der Waals surface area contributed by atoms with Crippen LogP contribution in [0.15, 0.2) is 0 Å². The average molecular weight is 346 g/mol. The standard InChI is InChI=1S/C18H34O6/c1-3-5-6-8-20-10-12-22-14-16-24-18-17-23-15-13-21-11-9-19-7-4-2/h2H,3,5-18H2,1H3. The predicted octanol–water partition coefficient (Wildman–Crippen LogP) is 1.91. The maximum atomic E-state index is 5.44. The Morgan fingerprint density at radius 2 is 0.917 bits per heavy atom. The third-order valence-electron chi connectivity index (χ3n) is 2.94. The fourth-order valence-corrected chi connectivity index (χ4v) is 1.68. The van der Waals surface area contributed by atoms with Crippen molar-refractivity contribution < 1.29 is 28.4 Å². The molecule has 0 radical (unpaired) electrons. The van der Waals surface area contributed by atoms with E-state index in [-0.39, 0.29) is 0 Å². The Bertz CT molecular complexity index is 267. The molecule has 0 N–H and O–H groups in total. The summed E-state index contributed by atoms with van der Waals surface area (Å²) in [5.74, 6) is 2.40. The third kappa shape index (κ3) is 21.3. The minimum atomic E-state index is 0.326. The molecule has 0 bridgehead atoms. The lowest BCUT2D eigenvalue weighted by Crippen LogP contribution is -2.14. The van der Waals surface area contributed by atoms with Gasteiger partial charge in [0, 0.05) is 6.61 Å². The van der Waals surface area contributed by atoms with Crippen LogP contribution in [0.1, 0.15) is 26.2 Å². The summed E-state index contributed by atoms with van der Waals surface area (Å²) < 4.78 is 32.0. The molecule has 0 aromatic carbocycles. The van der Waals surface area contributed by atoms with E-state index in [0.717, 1.165) is 13.0 Å². The predicted molar refractivity (Wildman–Crippen MR) is 93.3 cm³/mol. The van der Waals surface area contributed by atoms with Gasteiger partial charge in [-0.2, -0.15) is 0 Å². The van der Waals surface area contributed by atoms with Crippen molar-refractivity contribution in [2.45, 2.75) is 26.2 Å². The van der Waals surface area contributed by atoms with Crippen molar-refractivity contribution >= 4 is 0 Å². The molecule has 0 fully saturated rings. The Morgan fingerprint density at radius 3 is 1.29 bits per heavy atom. The smallest absolute Gasteiger partial charge is 0.107 e. The molecule has 142 valence electrons. The van der Waals surface area contributed by atoms with Crippen LogP contribution in [0.4, 0.5) is 0 Å². The van der Waals surface area contributed by atoms with E-state index in [9.17, 15) is 0 Å². The number of terminal acetylenes is 1. The van der Waals surface area contributed by atoms with Crippen LogP contribution in [0.5, 0.6) is 0 Å². The Kier molecular flexibility index (Phi) is 21.7. The van der Waals surface area contributed by atoms with Crippen LogP contribution in [0.3, 0.4) is 0 Å². The average Bonchev–Trinajstić information content (AvgIpc) is 2.60. The Morgan fingerprint density at radius 1 is 0.542 bits per heavy atom. The number of rotatable bonds is 20. The molecule has 0 aliphatic heterocycles. The van der Waals surface area contributed by atoms with E-state index in [0.29, 0.717) is 72.7 Å². The summed E-state index contributed by atoms with van der Waals surface area (Å²) in [6.07, 6.45) is 8.62. The summed E-state index contributed by atoms with van der Waals surface area (Å²) >= 11 is 0. The first-order valence-electron chi connectivity index (χ1n) is 8.81. The van der Waals surface area contributed by atoms with Gasteiger partial charge in [-0.3, -0.25) is 0 Å². The fourth-order valence-electron chi connectivity index (χ4n) is 1.68. The van der Waals surface area contributed by atoms with Gasteiger partial charge >= 0.3 is 0 Å². The van der Waals surface area contributed by atoms with Crippen LogP contribution < -0.4 is 0 Å². The van der Waals surface area contributed by atoms with Gasteiger partial charge in [0.05, 0.1) is 66.1 Å². The van der Waals surface area contributed by atoms with Crippen LogP contribution in [-0.4, -0.2) is 79.3 Å². The fraction of sp³-hybridized carbons (Fsp3) is 0.889. The SMILES string of the molecule is C#CCOCCOCCOCCOCCOCCOCCCCC. The maximum Gasteiger partial charge on any atom is 0.107 e. The molecular weight excluding hydrogens is 312 g/mol.